The molecular formula is C31H32ClN3O6. The van der Waals surface area contributed by atoms with Crippen molar-refractivity contribution in [2.24, 2.45) is 0 Å². The Labute approximate surface area is 243 Å². The molecule has 2 N–H and O–H groups in total. The molecule has 4 aromatic rings. The van der Waals surface area contributed by atoms with Gasteiger partial charge in [-0.1, -0.05) is 48.0 Å². The van der Waals surface area contributed by atoms with Gasteiger partial charge in [0.1, 0.15) is 12.6 Å². The zero-order chi connectivity index (χ0) is 28.9. The summed E-state index contributed by atoms with van der Waals surface area (Å²) in [7, 11) is 3.25. The molecule has 1 aliphatic heterocycles. The number of likely N-dealkylation sites (N-methyl/N-ethyl adjacent to an activating group) is 1. The molecule has 9 nitrogen and oxygen atoms in total. The molecule has 3 aromatic carbocycles. The Balaban J connectivity index is 1.44. The average molecular weight is 578 g/mol. The molecule has 0 spiro atoms. The van der Waals surface area contributed by atoms with Gasteiger partial charge in [0.15, 0.2) is 11.5 Å². The summed E-state index contributed by atoms with van der Waals surface area (Å²) in [5.41, 5.74) is 3.87. The number of amides is 2. The standard InChI is InChI=1S/C31H32ClN3O6/c1-34(21-11-12-27-28(16-21)41-19-40-27)31(38)24(15-20-7-4-3-5-8-20)33-29(37)17-35-25-10-6-9-23(32)30(25)22(13-14-36)26(35)18-39-2/h3-12,16,24,36H,13-15,17-19H2,1-2H3,(H,33,37)/t24-/m0/s1. The Kier molecular flexibility index (Phi) is 8.78. The lowest BCUT2D eigenvalue weighted by Crippen LogP contribution is -2.49. The molecule has 0 saturated carbocycles. The summed E-state index contributed by atoms with van der Waals surface area (Å²) in [5, 5.41) is 14.0. The third-order valence-corrected chi connectivity index (χ3v) is 7.51. The molecule has 0 saturated heterocycles. The molecule has 41 heavy (non-hydrogen) atoms. The molecule has 2 amide bonds. The minimum Gasteiger partial charge on any atom is -0.454 e. The van der Waals surface area contributed by atoms with E-state index in [1.165, 1.54) is 4.90 Å². The minimum atomic E-state index is -0.839. The van der Waals surface area contributed by atoms with Crippen molar-refractivity contribution in [1.82, 2.24) is 9.88 Å². The zero-order valence-corrected chi connectivity index (χ0v) is 23.7. The van der Waals surface area contributed by atoms with E-state index in [9.17, 15) is 14.7 Å². The maximum absolute atomic E-state index is 13.8. The van der Waals surface area contributed by atoms with E-state index in [0.717, 1.165) is 27.7 Å². The number of fused-ring (bicyclic) bond motifs is 2. The number of aromatic nitrogens is 1. The SMILES string of the molecule is COCc1c(CCO)c2c(Cl)cccc2n1CC(=O)N[C@@H](Cc1ccccc1)C(=O)N(C)c1ccc2c(c1)OCO2. The van der Waals surface area contributed by atoms with Crippen molar-refractivity contribution in [3.63, 3.8) is 0 Å². The monoisotopic (exact) mass is 577 g/mol. The highest BCUT2D eigenvalue weighted by atomic mass is 35.5. The van der Waals surface area contributed by atoms with Crippen LogP contribution in [0.4, 0.5) is 5.69 Å². The molecule has 214 valence electrons. The second-order valence-electron chi connectivity index (χ2n) is 9.80. The molecular weight excluding hydrogens is 546 g/mol. The number of rotatable bonds is 11. The molecule has 0 fully saturated rings. The highest BCUT2D eigenvalue weighted by Gasteiger charge is 2.28. The topological polar surface area (TPSA) is 102 Å². The normalized spacial score (nSPS) is 12.9. The van der Waals surface area contributed by atoms with Gasteiger partial charge in [0, 0.05) is 50.0 Å². The van der Waals surface area contributed by atoms with Crippen LogP contribution >= 0.6 is 11.6 Å². The number of nitrogens with zero attached hydrogens (tertiary/aromatic N) is 2. The number of benzene rings is 3. The maximum Gasteiger partial charge on any atom is 0.249 e. The Morgan fingerprint density at radius 1 is 1.10 bits per heavy atom. The van der Waals surface area contributed by atoms with Gasteiger partial charge in [0.25, 0.3) is 0 Å². The number of anilines is 1. The second kappa shape index (κ2) is 12.6. The van der Waals surface area contributed by atoms with Crippen molar-refractivity contribution < 1.29 is 28.9 Å². The average Bonchev–Trinajstić information content (AvgIpc) is 3.56. The Bertz CT molecular complexity index is 1550. The van der Waals surface area contributed by atoms with Crippen LogP contribution in [0.3, 0.4) is 0 Å². The number of hydrogen-bond acceptors (Lipinski definition) is 6. The number of nitrogens with one attached hydrogen (secondary N) is 1. The first-order valence-corrected chi connectivity index (χ1v) is 13.7. The van der Waals surface area contributed by atoms with Crippen molar-refractivity contribution in [2.75, 3.05) is 32.5 Å². The molecule has 1 atom stereocenters. The fourth-order valence-corrected chi connectivity index (χ4v) is 5.52. The number of carbonyl (C=O) groups excluding carboxylic acids is 2. The van der Waals surface area contributed by atoms with Crippen molar-refractivity contribution in [3.05, 3.63) is 88.6 Å². The van der Waals surface area contributed by atoms with Gasteiger partial charge in [-0.05, 0) is 41.8 Å². The van der Waals surface area contributed by atoms with Crippen LogP contribution in [0.2, 0.25) is 5.02 Å². The number of carbonyl (C=O) groups is 2. The minimum absolute atomic E-state index is 0.0622. The molecule has 1 aliphatic rings. The Morgan fingerprint density at radius 3 is 2.63 bits per heavy atom. The van der Waals surface area contributed by atoms with E-state index in [-0.39, 0.29) is 38.4 Å². The lowest BCUT2D eigenvalue weighted by atomic mass is 10.0. The fourth-order valence-electron chi connectivity index (χ4n) is 5.24. The van der Waals surface area contributed by atoms with Gasteiger partial charge >= 0.3 is 0 Å². The van der Waals surface area contributed by atoms with Crippen LogP contribution < -0.4 is 19.7 Å². The summed E-state index contributed by atoms with van der Waals surface area (Å²) < 4.78 is 18.2. The molecule has 10 heteroatoms. The van der Waals surface area contributed by atoms with Crippen LogP contribution in [-0.2, 0) is 40.3 Å². The van der Waals surface area contributed by atoms with Gasteiger partial charge in [-0.15, -0.1) is 0 Å². The smallest absolute Gasteiger partial charge is 0.249 e. The van der Waals surface area contributed by atoms with Crippen LogP contribution in [0.15, 0.2) is 66.7 Å². The van der Waals surface area contributed by atoms with E-state index in [1.54, 1.807) is 38.4 Å². The van der Waals surface area contributed by atoms with E-state index < -0.39 is 6.04 Å². The third kappa shape index (κ3) is 6.02. The van der Waals surface area contributed by atoms with Crippen LogP contribution in [0.5, 0.6) is 11.5 Å². The Hall–Kier alpha value is -4.05. The summed E-state index contributed by atoms with van der Waals surface area (Å²) in [5.74, 6) is 0.561. The molecule has 0 unspecified atom stereocenters. The number of aliphatic hydroxyl groups is 1. The van der Waals surface area contributed by atoms with Crippen LogP contribution in [0, 0.1) is 0 Å². The predicted molar refractivity (Wildman–Crippen MR) is 157 cm³/mol. The van der Waals surface area contributed by atoms with Crippen molar-refractivity contribution in [3.8, 4) is 11.5 Å². The van der Waals surface area contributed by atoms with E-state index in [4.69, 9.17) is 25.8 Å². The fraction of sp³-hybridized carbons (Fsp3) is 0.290. The predicted octanol–water partition coefficient (Wildman–Crippen LogP) is 4.10. The number of hydrogen-bond donors (Lipinski definition) is 2. The first-order chi connectivity index (χ1) is 19.9. The highest BCUT2D eigenvalue weighted by Crippen LogP contribution is 2.36. The van der Waals surface area contributed by atoms with E-state index in [1.807, 2.05) is 47.0 Å². The first kappa shape index (κ1) is 28.5. The summed E-state index contributed by atoms with van der Waals surface area (Å²) >= 11 is 6.56. The highest BCUT2D eigenvalue weighted by molar-refractivity contribution is 6.35. The lowest BCUT2D eigenvalue weighted by molar-refractivity contribution is -0.127. The quantitative estimate of drug-likeness (QED) is 0.278. The summed E-state index contributed by atoms with van der Waals surface area (Å²) in [6.07, 6.45) is 0.669. The molecule has 5 rings (SSSR count). The maximum atomic E-state index is 13.8. The molecule has 1 aromatic heterocycles. The lowest BCUT2D eigenvalue weighted by Gasteiger charge is -2.25. The second-order valence-corrected chi connectivity index (χ2v) is 10.2. The van der Waals surface area contributed by atoms with E-state index in [2.05, 4.69) is 5.32 Å². The number of methoxy groups -OCH3 is 1. The van der Waals surface area contributed by atoms with Crippen molar-refractivity contribution in [1.29, 1.82) is 0 Å². The summed E-state index contributed by atoms with van der Waals surface area (Å²) in [6, 6.07) is 19.5. The summed E-state index contributed by atoms with van der Waals surface area (Å²) in [4.78, 5) is 28.9. The molecule has 0 bridgehead atoms. The van der Waals surface area contributed by atoms with Crippen LogP contribution in [0.1, 0.15) is 16.8 Å². The van der Waals surface area contributed by atoms with Gasteiger partial charge in [0.05, 0.1) is 17.1 Å². The van der Waals surface area contributed by atoms with Gasteiger partial charge in [0.2, 0.25) is 18.6 Å². The molecule has 2 heterocycles. The molecule has 0 radical (unpaired) electrons. The van der Waals surface area contributed by atoms with E-state index >= 15 is 0 Å². The number of ether oxygens (including phenoxy) is 3. The Morgan fingerprint density at radius 2 is 1.88 bits per heavy atom. The van der Waals surface area contributed by atoms with Gasteiger partial charge in [-0.2, -0.15) is 0 Å². The van der Waals surface area contributed by atoms with Gasteiger partial charge in [-0.25, -0.2) is 0 Å². The van der Waals surface area contributed by atoms with Crippen LogP contribution in [-0.4, -0.2) is 55.1 Å². The number of aliphatic hydroxyl groups excluding tert-OH is 1. The molecule has 0 aliphatic carbocycles. The van der Waals surface area contributed by atoms with Gasteiger partial charge in [-0.3, -0.25) is 9.59 Å². The number of halogens is 1. The third-order valence-electron chi connectivity index (χ3n) is 7.19. The van der Waals surface area contributed by atoms with Crippen molar-refractivity contribution >= 4 is 40.0 Å². The van der Waals surface area contributed by atoms with E-state index in [0.29, 0.717) is 35.1 Å². The summed E-state index contributed by atoms with van der Waals surface area (Å²) in [6.45, 7) is 0.223. The van der Waals surface area contributed by atoms with Gasteiger partial charge < -0.3 is 34.1 Å². The zero-order valence-electron chi connectivity index (χ0n) is 22.9. The first-order valence-electron chi connectivity index (χ1n) is 13.3. The largest absolute Gasteiger partial charge is 0.454 e. The van der Waals surface area contributed by atoms with Crippen LogP contribution in [0.25, 0.3) is 10.9 Å². The van der Waals surface area contributed by atoms with Crippen molar-refractivity contribution in [2.45, 2.75) is 32.0 Å².